The van der Waals surface area contributed by atoms with Crippen LogP contribution in [0.1, 0.15) is 22.8 Å². The maximum Gasteiger partial charge on any atom is 0.259 e. The van der Waals surface area contributed by atoms with Crippen molar-refractivity contribution in [2.24, 2.45) is 0 Å². The van der Waals surface area contributed by atoms with Gasteiger partial charge in [0.25, 0.3) is 5.91 Å². The fraction of sp³-hybridized carbons (Fsp3) is 0.0938. The Morgan fingerprint density at radius 3 is 2.35 bits per heavy atom. The summed E-state index contributed by atoms with van der Waals surface area (Å²) in [5.74, 6) is 0.910. The Labute approximate surface area is 217 Å². The van der Waals surface area contributed by atoms with Crippen molar-refractivity contribution in [1.29, 1.82) is 0 Å². The van der Waals surface area contributed by atoms with Gasteiger partial charge in [0.15, 0.2) is 5.82 Å². The topological polar surface area (TPSA) is 58.1 Å². The van der Waals surface area contributed by atoms with Crippen molar-refractivity contribution in [2.45, 2.75) is 13.5 Å². The Hall–Kier alpha value is -4.77. The minimum absolute atomic E-state index is 0.134. The molecule has 0 saturated carbocycles. The number of nitrogens with zero attached hydrogens (tertiary/aromatic N) is 3. The molecule has 0 radical (unpaired) electrons. The molecule has 0 fully saturated rings. The predicted molar refractivity (Wildman–Crippen MR) is 151 cm³/mol. The molecule has 0 aliphatic rings. The number of rotatable bonds is 8. The number of carbonyl (C=O) groups is 1. The lowest BCUT2D eigenvalue weighted by atomic mass is 10.0. The minimum atomic E-state index is -0.134. The highest BCUT2D eigenvalue weighted by Crippen LogP contribution is 2.29. The molecule has 0 spiro atoms. The van der Waals surface area contributed by atoms with Gasteiger partial charge in [0, 0.05) is 30.5 Å². The Bertz CT molecular complexity index is 1530. The fourth-order valence-corrected chi connectivity index (χ4v) is 4.27. The SMILES string of the molecule is C/C=C/CN(Cc1ccccc1)C(=O)c1cnc(-c2cccc3ccccc23)nc1Nc1ccccc1. The molecule has 5 rings (SSSR count). The van der Waals surface area contributed by atoms with Crippen LogP contribution in [-0.2, 0) is 6.54 Å². The van der Waals surface area contributed by atoms with E-state index in [9.17, 15) is 4.79 Å². The highest BCUT2D eigenvalue weighted by molar-refractivity contribution is 6.00. The molecule has 0 atom stereocenters. The van der Waals surface area contributed by atoms with Crippen LogP contribution in [0.15, 0.2) is 121 Å². The highest BCUT2D eigenvalue weighted by Gasteiger charge is 2.22. The maximum atomic E-state index is 13.9. The van der Waals surface area contributed by atoms with Gasteiger partial charge < -0.3 is 10.2 Å². The van der Waals surface area contributed by atoms with Gasteiger partial charge in [0.1, 0.15) is 11.4 Å². The van der Waals surface area contributed by atoms with E-state index in [1.165, 1.54) is 0 Å². The third-order valence-corrected chi connectivity index (χ3v) is 6.15. The van der Waals surface area contributed by atoms with Gasteiger partial charge in [-0.3, -0.25) is 4.79 Å². The number of hydrogen-bond acceptors (Lipinski definition) is 4. The van der Waals surface area contributed by atoms with Crippen LogP contribution in [0.25, 0.3) is 22.2 Å². The lowest BCUT2D eigenvalue weighted by Crippen LogP contribution is -2.31. The number of hydrogen-bond donors (Lipinski definition) is 1. The second-order valence-electron chi connectivity index (χ2n) is 8.71. The van der Waals surface area contributed by atoms with Gasteiger partial charge in [0.05, 0.1) is 0 Å². The smallest absolute Gasteiger partial charge is 0.259 e. The lowest BCUT2D eigenvalue weighted by Gasteiger charge is -2.23. The van der Waals surface area contributed by atoms with E-state index in [0.29, 0.717) is 30.3 Å². The molecule has 1 aromatic heterocycles. The maximum absolute atomic E-state index is 13.9. The summed E-state index contributed by atoms with van der Waals surface area (Å²) in [4.78, 5) is 25.3. The first-order valence-electron chi connectivity index (χ1n) is 12.3. The van der Waals surface area contributed by atoms with Crippen LogP contribution in [-0.4, -0.2) is 27.3 Å². The van der Waals surface area contributed by atoms with Gasteiger partial charge in [-0.1, -0.05) is 103 Å². The first-order valence-corrected chi connectivity index (χ1v) is 12.3. The number of benzene rings is 4. The van der Waals surface area contributed by atoms with Crippen molar-refractivity contribution in [1.82, 2.24) is 14.9 Å². The standard InChI is InChI=1S/C32H28N4O/c1-2-3-21-36(23-24-13-6-4-7-14-24)32(37)29-22-33-30(35-31(29)34-26-17-8-5-9-18-26)28-20-12-16-25-15-10-11-19-27(25)28/h2-20,22H,21,23H2,1H3,(H,33,34,35)/b3-2+. The zero-order chi connectivity index (χ0) is 25.5. The molecule has 1 heterocycles. The summed E-state index contributed by atoms with van der Waals surface area (Å²) in [5, 5.41) is 5.55. The molecule has 5 heteroatoms. The molecule has 1 amide bonds. The molecule has 5 aromatic rings. The van der Waals surface area contributed by atoms with E-state index in [2.05, 4.69) is 28.5 Å². The second kappa shape index (κ2) is 11.3. The Morgan fingerprint density at radius 2 is 1.57 bits per heavy atom. The van der Waals surface area contributed by atoms with Crippen LogP contribution in [0.3, 0.4) is 0 Å². The van der Waals surface area contributed by atoms with E-state index in [1.54, 1.807) is 6.20 Å². The van der Waals surface area contributed by atoms with Gasteiger partial charge in [-0.25, -0.2) is 9.97 Å². The van der Waals surface area contributed by atoms with Crippen molar-refractivity contribution >= 4 is 28.2 Å². The van der Waals surface area contributed by atoms with Crippen molar-refractivity contribution < 1.29 is 4.79 Å². The van der Waals surface area contributed by atoms with Gasteiger partial charge in [-0.15, -0.1) is 0 Å². The summed E-state index contributed by atoms with van der Waals surface area (Å²) in [6, 6.07) is 34.0. The number of fused-ring (bicyclic) bond motifs is 1. The first-order chi connectivity index (χ1) is 18.2. The first kappa shape index (κ1) is 23.9. The Kier molecular flexibility index (Phi) is 7.32. The van der Waals surface area contributed by atoms with E-state index in [0.717, 1.165) is 27.6 Å². The Morgan fingerprint density at radius 1 is 0.865 bits per heavy atom. The van der Waals surface area contributed by atoms with Crippen molar-refractivity contribution in [3.63, 3.8) is 0 Å². The van der Waals surface area contributed by atoms with Crippen LogP contribution in [0.4, 0.5) is 11.5 Å². The summed E-state index contributed by atoms with van der Waals surface area (Å²) in [6.45, 7) is 2.93. The minimum Gasteiger partial charge on any atom is -0.339 e. The van der Waals surface area contributed by atoms with Crippen LogP contribution in [0.5, 0.6) is 0 Å². The van der Waals surface area contributed by atoms with Crippen LogP contribution in [0, 0.1) is 0 Å². The number of anilines is 2. The zero-order valence-corrected chi connectivity index (χ0v) is 20.7. The number of aromatic nitrogens is 2. The van der Waals surface area contributed by atoms with Gasteiger partial charge in [-0.05, 0) is 35.4 Å². The van der Waals surface area contributed by atoms with E-state index >= 15 is 0 Å². The third kappa shape index (κ3) is 5.57. The normalized spacial score (nSPS) is 11.1. The quantitative estimate of drug-likeness (QED) is 0.236. The van der Waals surface area contributed by atoms with Gasteiger partial charge in [-0.2, -0.15) is 0 Å². The Balaban J connectivity index is 1.58. The van der Waals surface area contributed by atoms with E-state index < -0.39 is 0 Å². The van der Waals surface area contributed by atoms with Gasteiger partial charge >= 0.3 is 0 Å². The van der Waals surface area contributed by atoms with E-state index in [4.69, 9.17) is 4.98 Å². The summed E-state index contributed by atoms with van der Waals surface area (Å²) in [6.07, 6.45) is 5.58. The lowest BCUT2D eigenvalue weighted by molar-refractivity contribution is 0.0763. The van der Waals surface area contributed by atoms with Crippen LogP contribution >= 0.6 is 0 Å². The molecular formula is C32H28N4O. The number of amides is 1. The van der Waals surface area contributed by atoms with Crippen LogP contribution in [0.2, 0.25) is 0 Å². The fourth-order valence-electron chi connectivity index (χ4n) is 4.27. The molecule has 0 aliphatic carbocycles. The number of para-hydroxylation sites is 1. The molecule has 1 N–H and O–H groups in total. The summed E-state index contributed by atoms with van der Waals surface area (Å²) < 4.78 is 0. The monoisotopic (exact) mass is 484 g/mol. The molecule has 5 nitrogen and oxygen atoms in total. The van der Waals surface area contributed by atoms with Crippen molar-refractivity contribution in [3.05, 3.63) is 133 Å². The molecule has 0 aliphatic heterocycles. The number of carbonyl (C=O) groups excluding carboxylic acids is 1. The highest BCUT2D eigenvalue weighted by atomic mass is 16.2. The molecule has 0 saturated heterocycles. The molecule has 182 valence electrons. The summed E-state index contributed by atoms with van der Waals surface area (Å²) in [7, 11) is 0. The average molecular weight is 485 g/mol. The molecular weight excluding hydrogens is 456 g/mol. The number of nitrogens with one attached hydrogen (secondary N) is 1. The number of allylic oxidation sites excluding steroid dienone is 1. The third-order valence-electron chi connectivity index (χ3n) is 6.15. The van der Waals surface area contributed by atoms with E-state index in [1.807, 2.05) is 109 Å². The van der Waals surface area contributed by atoms with Crippen molar-refractivity contribution in [3.8, 4) is 11.4 Å². The second-order valence-corrected chi connectivity index (χ2v) is 8.71. The molecule has 0 unspecified atom stereocenters. The average Bonchev–Trinajstić information content (AvgIpc) is 2.95. The molecule has 37 heavy (non-hydrogen) atoms. The summed E-state index contributed by atoms with van der Waals surface area (Å²) in [5.41, 5.74) is 3.25. The van der Waals surface area contributed by atoms with Crippen LogP contribution < -0.4 is 5.32 Å². The summed E-state index contributed by atoms with van der Waals surface area (Å²) >= 11 is 0. The van der Waals surface area contributed by atoms with E-state index in [-0.39, 0.29) is 5.91 Å². The molecule has 4 aromatic carbocycles. The van der Waals surface area contributed by atoms with Crippen molar-refractivity contribution in [2.75, 3.05) is 11.9 Å². The molecule has 0 bridgehead atoms. The van der Waals surface area contributed by atoms with Gasteiger partial charge in [0.2, 0.25) is 0 Å². The predicted octanol–water partition coefficient (Wildman–Crippen LogP) is 7.26. The zero-order valence-electron chi connectivity index (χ0n) is 20.7. The largest absolute Gasteiger partial charge is 0.339 e.